The van der Waals surface area contributed by atoms with Crippen molar-refractivity contribution < 1.29 is 4.79 Å². The average Bonchev–Trinajstić information content (AvgIpc) is 2.12. The van der Waals surface area contributed by atoms with E-state index in [9.17, 15) is 4.79 Å². The van der Waals surface area contributed by atoms with Crippen molar-refractivity contribution in [2.24, 2.45) is 10.7 Å². The third-order valence-electron chi connectivity index (χ3n) is 2.84. The number of carbonyl (C=O) groups excluding carboxylic acids is 1. The van der Waals surface area contributed by atoms with E-state index in [1.165, 1.54) is 5.57 Å². The predicted molar refractivity (Wildman–Crippen MR) is 62.6 cm³/mol. The van der Waals surface area contributed by atoms with Crippen LogP contribution in [0.3, 0.4) is 0 Å². The van der Waals surface area contributed by atoms with Crippen molar-refractivity contribution in [3.05, 3.63) is 22.4 Å². The van der Waals surface area contributed by atoms with Crippen molar-refractivity contribution in [2.75, 3.05) is 0 Å². The first kappa shape index (κ1) is 11.7. The molecule has 0 saturated carbocycles. The van der Waals surface area contributed by atoms with Gasteiger partial charge in [0.15, 0.2) is 0 Å². The number of rotatable bonds is 1. The van der Waals surface area contributed by atoms with Gasteiger partial charge in [0.1, 0.15) is 0 Å². The molecule has 0 unspecified atom stereocenters. The number of hydrogen-bond acceptors (Lipinski definition) is 2. The molecular formula is C12H18N2O. The summed E-state index contributed by atoms with van der Waals surface area (Å²) in [6.45, 7) is 7.81. The van der Waals surface area contributed by atoms with Crippen molar-refractivity contribution in [2.45, 2.75) is 40.5 Å². The summed E-state index contributed by atoms with van der Waals surface area (Å²) in [6.07, 6.45) is 1.90. The summed E-state index contributed by atoms with van der Waals surface area (Å²) in [5.74, 6) is -0.386. The normalized spacial score (nSPS) is 18.5. The zero-order valence-corrected chi connectivity index (χ0v) is 9.85. The highest BCUT2D eigenvalue weighted by atomic mass is 16.1. The summed E-state index contributed by atoms with van der Waals surface area (Å²) in [5, 5.41) is 0. The second-order valence-corrected chi connectivity index (χ2v) is 4.08. The van der Waals surface area contributed by atoms with E-state index in [4.69, 9.17) is 5.73 Å². The van der Waals surface area contributed by atoms with Crippen molar-refractivity contribution in [1.82, 2.24) is 0 Å². The monoisotopic (exact) mass is 206 g/mol. The Morgan fingerprint density at radius 3 is 2.33 bits per heavy atom. The third-order valence-corrected chi connectivity index (χ3v) is 2.84. The van der Waals surface area contributed by atoms with Crippen LogP contribution in [0.25, 0.3) is 0 Å². The summed E-state index contributed by atoms with van der Waals surface area (Å²) < 4.78 is 0. The van der Waals surface area contributed by atoms with E-state index in [2.05, 4.69) is 4.99 Å². The fourth-order valence-corrected chi connectivity index (χ4v) is 1.80. The predicted octanol–water partition coefficient (Wildman–Crippen LogP) is 2.34. The molecule has 1 aliphatic rings. The van der Waals surface area contributed by atoms with E-state index in [0.717, 1.165) is 29.8 Å². The molecule has 0 fully saturated rings. The Kier molecular flexibility index (Phi) is 3.45. The van der Waals surface area contributed by atoms with Gasteiger partial charge in [-0.15, -0.1) is 0 Å². The van der Waals surface area contributed by atoms with E-state index in [1.807, 2.05) is 27.7 Å². The highest BCUT2D eigenvalue weighted by Gasteiger charge is 2.15. The van der Waals surface area contributed by atoms with E-state index >= 15 is 0 Å². The average molecular weight is 206 g/mol. The topological polar surface area (TPSA) is 55.4 Å². The van der Waals surface area contributed by atoms with Crippen LogP contribution in [0, 0.1) is 0 Å². The zero-order chi connectivity index (χ0) is 11.6. The molecule has 3 nitrogen and oxygen atoms in total. The van der Waals surface area contributed by atoms with Crippen molar-refractivity contribution >= 4 is 11.6 Å². The lowest BCUT2D eigenvalue weighted by atomic mass is 9.95. The second kappa shape index (κ2) is 4.43. The van der Waals surface area contributed by atoms with Crippen molar-refractivity contribution in [3.63, 3.8) is 0 Å². The first-order valence-electron chi connectivity index (χ1n) is 5.15. The minimum absolute atomic E-state index is 0.386. The zero-order valence-electron chi connectivity index (χ0n) is 9.85. The molecule has 1 aliphatic heterocycles. The SMILES string of the molecule is CC1=NC(C)=C(C(N)=O)C(C)=C(C)CC1. The van der Waals surface area contributed by atoms with E-state index < -0.39 is 0 Å². The van der Waals surface area contributed by atoms with Crippen LogP contribution < -0.4 is 5.73 Å². The van der Waals surface area contributed by atoms with Crippen LogP contribution in [-0.4, -0.2) is 11.6 Å². The molecule has 82 valence electrons. The third kappa shape index (κ3) is 2.55. The Bertz CT molecular complexity index is 386. The van der Waals surface area contributed by atoms with Crippen molar-refractivity contribution in [1.29, 1.82) is 0 Å². The van der Waals surface area contributed by atoms with Crippen LogP contribution in [0.4, 0.5) is 0 Å². The lowest BCUT2D eigenvalue weighted by Crippen LogP contribution is -2.18. The summed E-state index contributed by atoms with van der Waals surface area (Å²) in [4.78, 5) is 15.7. The largest absolute Gasteiger partial charge is 0.366 e. The van der Waals surface area contributed by atoms with Gasteiger partial charge in [0.25, 0.3) is 5.91 Å². The van der Waals surface area contributed by atoms with Crippen LogP contribution in [0.5, 0.6) is 0 Å². The fraction of sp³-hybridized carbons (Fsp3) is 0.500. The lowest BCUT2D eigenvalue weighted by molar-refractivity contribution is -0.114. The van der Waals surface area contributed by atoms with Gasteiger partial charge in [0.2, 0.25) is 0 Å². The van der Waals surface area contributed by atoms with Crippen LogP contribution in [-0.2, 0) is 4.79 Å². The van der Waals surface area contributed by atoms with Crippen LogP contribution in [0.15, 0.2) is 27.4 Å². The minimum Gasteiger partial charge on any atom is -0.366 e. The molecule has 3 heteroatoms. The minimum atomic E-state index is -0.386. The summed E-state index contributed by atoms with van der Waals surface area (Å²) >= 11 is 0. The molecule has 0 bridgehead atoms. The molecule has 0 aromatic heterocycles. The summed E-state index contributed by atoms with van der Waals surface area (Å²) in [7, 11) is 0. The standard InChI is InChI=1S/C12H18N2O/c1-7-5-6-8(2)14-10(4)11(9(7)3)12(13)15/h5-6H2,1-4H3,(H2,13,15). The Balaban J connectivity index is 3.37. The molecule has 0 atom stereocenters. The molecule has 2 N–H and O–H groups in total. The van der Waals surface area contributed by atoms with Gasteiger partial charge in [-0.05, 0) is 46.1 Å². The molecule has 0 aromatic carbocycles. The van der Waals surface area contributed by atoms with E-state index in [0.29, 0.717) is 5.57 Å². The number of carbonyl (C=O) groups is 1. The molecule has 0 radical (unpaired) electrons. The van der Waals surface area contributed by atoms with Gasteiger partial charge < -0.3 is 5.73 Å². The smallest absolute Gasteiger partial charge is 0.250 e. The number of allylic oxidation sites excluding steroid dienone is 2. The summed E-state index contributed by atoms with van der Waals surface area (Å²) in [5.41, 5.74) is 9.94. The van der Waals surface area contributed by atoms with Gasteiger partial charge in [0.05, 0.1) is 11.3 Å². The molecule has 0 aromatic rings. The lowest BCUT2D eigenvalue weighted by Gasteiger charge is -2.15. The van der Waals surface area contributed by atoms with Gasteiger partial charge in [-0.1, -0.05) is 5.57 Å². The maximum Gasteiger partial charge on any atom is 0.250 e. The number of amides is 1. The molecule has 0 saturated heterocycles. The molecule has 1 heterocycles. The molecule has 0 aliphatic carbocycles. The van der Waals surface area contributed by atoms with Gasteiger partial charge in [-0.2, -0.15) is 0 Å². The van der Waals surface area contributed by atoms with Crippen LogP contribution >= 0.6 is 0 Å². The highest BCUT2D eigenvalue weighted by molar-refractivity contribution is 5.98. The number of primary amides is 1. The molecular weight excluding hydrogens is 188 g/mol. The molecule has 15 heavy (non-hydrogen) atoms. The Morgan fingerprint density at radius 2 is 1.80 bits per heavy atom. The van der Waals surface area contributed by atoms with Gasteiger partial charge in [0, 0.05) is 5.71 Å². The second-order valence-electron chi connectivity index (χ2n) is 4.08. The summed E-state index contributed by atoms with van der Waals surface area (Å²) in [6, 6.07) is 0. The Morgan fingerprint density at radius 1 is 1.20 bits per heavy atom. The first-order valence-corrected chi connectivity index (χ1v) is 5.15. The molecule has 1 rings (SSSR count). The fourth-order valence-electron chi connectivity index (χ4n) is 1.80. The quantitative estimate of drug-likeness (QED) is 0.703. The number of nitrogens with zero attached hydrogens (tertiary/aromatic N) is 1. The number of hydrogen-bond donors (Lipinski definition) is 1. The number of aliphatic imine (C=N–C) groups is 1. The Hall–Kier alpha value is -1.38. The maximum absolute atomic E-state index is 11.4. The van der Waals surface area contributed by atoms with E-state index in [1.54, 1.807) is 0 Å². The van der Waals surface area contributed by atoms with E-state index in [-0.39, 0.29) is 5.91 Å². The van der Waals surface area contributed by atoms with Crippen molar-refractivity contribution in [3.8, 4) is 0 Å². The number of nitrogens with two attached hydrogens (primary N) is 1. The Labute approximate surface area is 90.8 Å². The first-order chi connectivity index (χ1) is 6.93. The van der Waals surface area contributed by atoms with Crippen LogP contribution in [0.2, 0.25) is 0 Å². The van der Waals surface area contributed by atoms with Crippen LogP contribution in [0.1, 0.15) is 40.5 Å². The molecule has 1 amide bonds. The molecule has 0 spiro atoms. The van der Waals surface area contributed by atoms with Gasteiger partial charge in [-0.3, -0.25) is 9.79 Å². The van der Waals surface area contributed by atoms with Gasteiger partial charge in [-0.25, -0.2) is 0 Å². The maximum atomic E-state index is 11.4. The highest BCUT2D eigenvalue weighted by Crippen LogP contribution is 2.24. The van der Waals surface area contributed by atoms with Gasteiger partial charge >= 0.3 is 0 Å².